The Kier molecular flexibility index (Phi) is 7.97. The van der Waals surface area contributed by atoms with Crippen molar-refractivity contribution >= 4 is 17.5 Å². The van der Waals surface area contributed by atoms with Gasteiger partial charge in [0.1, 0.15) is 12.4 Å². The average molecular weight is 454 g/mol. The molecule has 0 bridgehead atoms. The molecule has 0 spiro atoms. The topological polar surface area (TPSA) is 62.2 Å². The second kappa shape index (κ2) is 10.7. The van der Waals surface area contributed by atoms with E-state index in [1.54, 1.807) is 24.1 Å². The van der Waals surface area contributed by atoms with E-state index in [9.17, 15) is 14.0 Å². The number of carbonyl (C=O) groups is 2. The SMILES string of the molecule is COCCN(CC(=O)N1N=C(c2ccc(F)cc2)C[C@@H]1c1ccccc1)C(=O)CC(C)(C)C. The van der Waals surface area contributed by atoms with Crippen LogP contribution in [0.3, 0.4) is 0 Å². The molecule has 33 heavy (non-hydrogen) atoms. The molecule has 176 valence electrons. The highest BCUT2D eigenvalue weighted by atomic mass is 19.1. The van der Waals surface area contributed by atoms with Crippen LogP contribution in [0.1, 0.15) is 50.8 Å². The predicted octanol–water partition coefficient (Wildman–Crippen LogP) is 4.41. The molecule has 3 rings (SSSR count). The Morgan fingerprint density at radius 2 is 1.79 bits per heavy atom. The van der Waals surface area contributed by atoms with Crippen LogP contribution in [-0.2, 0) is 14.3 Å². The second-order valence-electron chi connectivity index (χ2n) is 9.47. The second-order valence-corrected chi connectivity index (χ2v) is 9.47. The van der Waals surface area contributed by atoms with Crippen molar-refractivity contribution in [1.29, 1.82) is 0 Å². The van der Waals surface area contributed by atoms with E-state index in [2.05, 4.69) is 5.10 Å². The van der Waals surface area contributed by atoms with E-state index in [4.69, 9.17) is 4.74 Å². The van der Waals surface area contributed by atoms with Gasteiger partial charge in [0.25, 0.3) is 5.91 Å². The smallest absolute Gasteiger partial charge is 0.262 e. The van der Waals surface area contributed by atoms with Crippen LogP contribution in [-0.4, -0.2) is 54.2 Å². The Balaban J connectivity index is 1.86. The Morgan fingerprint density at radius 3 is 2.39 bits per heavy atom. The minimum Gasteiger partial charge on any atom is -0.383 e. The number of nitrogens with zero attached hydrogens (tertiary/aromatic N) is 3. The zero-order valence-electron chi connectivity index (χ0n) is 19.8. The first-order valence-corrected chi connectivity index (χ1v) is 11.1. The van der Waals surface area contributed by atoms with Crippen molar-refractivity contribution in [2.45, 2.75) is 39.7 Å². The molecule has 0 radical (unpaired) electrons. The van der Waals surface area contributed by atoms with Crippen LogP contribution in [0.2, 0.25) is 0 Å². The van der Waals surface area contributed by atoms with Gasteiger partial charge < -0.3 is 9.64 Å². The first-order chi connectivity index (χ1) is 15.7. The number of hydrogen-bond acceptors (Lipinski definition) is 4. The summed E-state index contributed by atoms with van der Waals surface area (Å²) in [7, 11) is 1.57. The van der Waals surface area contributed by atoms with Gasteiger partial charge in [0.05, 0.1) is 18.4 Å². The van der Waals surface area contributed by atoms with Gasteiger partial charge in [0.15, 0.2) is 0 Å². The fourth-order valence-electron chi connectivity index (χ4n) is 3.79. The molecule has 1 aliphatic rings. The summed E-state index contributed by atoms with van der Waals surface area (Å²) in [4.78, 5) is 27.9. The maximum Gasteiger partial charge on any atom is 0.262 e. The van der Waals surface area contributed by atoms with Crippen LogP contribution in [0.5, 0.6) is 0 Å². The largest absolute Gasteiger partial charge is 0.383 e. The Bertz CT molecular complexity index is 984. The fourth-order valence-corrected chi connectivity index (χ4v) is 3.79. The lowest BCUT2D eigenvalue weighted by atomic mass is 9.91. The van der Waals surface area contributed by atoms with Crippen molar-refractivity contribution in [2.75, 3.05) is 26.8 Å². The molecule has 1 atom stereocenters. The Morgan fingerprint density at radius 1 is 1.12 bits per heavy atom. The molecule has 0 unspecified atom stereocenters. The summed E-state index contributed by atoms with van der Waals surface area (Å²) in [5.41, 5.74) is 2.24. The lowest BCUT2D eigenvalue weighted by molar-refractivity contribution is -0.143. The van der Waals surface area contributed by atoms with Gasteiger partial charge in [-0.15, -0.1) is 0 Å². The van der Waals surface area contributed by atoms with Crippen molar-refractivity contribution in [3.8, 4) is 0 Å². The number of amides is 2. The zero-order chi connectivity index (χ0) is 24.0. The van der Waals surface area contributed by atoms with E-state index < -0.39 is 0 Å². The molecule has 2 amide bonds. The highest BCUT2D eigenvalue weighted by molar-refractivity contribution is 6.03. The van der Waals surface area contributed by atoms with Gasteiger partial charge in [-0.1, -0.05) is 63.2 Å². The van der Waals surface area contributed by atoms with Gasteiger partial charge in [-0.3, -0.25) is 9.59 Å². The predicted molar refractivity (Wildman–Crippen MR) is 126 cm³/mol. The van der Waals surface area contributed by atoms with E-state index in [-0.39, 0.29) is 35.6 Å². The standard InChI is InChI=1S/C26H32FN3O3/c1-26(2,3)17-24(31)29(14-15-33-4)18-25(32)30-23(20-8-6-5-7-9-20)16-22(28-30)19-10-12-21(27)13-11-19/h5-13,23H,14-18H2,1-4H3/t23-/m1/s1. The van der Waals surface area contributed by atoms with Crippen LogP contribution < -0.4 is 0 Å². The molecule has 0 saturated carbocycles. The molecule has 1 aliphatic heterocycles. The third-order valence-corrected chi connectivity index (χ3v) is 5.45. The van der Waals surface area contributed by atoms with Crippen LogP contribution in [0.15, 0.2) is 59.7 Å². The van der Waals surface area contributed by atoms with Crippen LogP contribution in [0.4, 0.5) is 4.39 Å². The van der Waals surface area contributed by atoms with E-state index in [1.807, 2.05) is 51.1 Å². The quantitative estimate of drug-likeness (QED) is 0.595. The molecule has 0 N–H and O–H groups in total. The van der Waals surface area contributed by atoms with Gasteiger partial charge in [-0.05, 0) is 28.7 Å². The number of carbonyl (C=O) groups excluding carboxylic acids is 2. The normalized spacial score (nSPS) is 16.0. The molecular weight excluding hydrogens is 421 g/mol. The zero-order valence-corrected chi connectivity index (χ0v) is 19.8. The van der Waals surface area contributed by atoms with Crippen molar-refractivity contribution in [3.63, 3.8) is 0 Å². The van der Waals surface area contributed by atoms with E-state index >= 15 is 0 Å². The lowest BCUT2D eigenvalue weighted by Crippen LogP contribution is -2.43. The monoisotopic (exact) mass is 453 g/mol. The number of methoxy groups -OCH3 is 1. The first kappa shape index (κ1) is 24.6. The van der Waals surface area contributed by atoms with Gasteiger partial charge in [-0.25, -0.2) is 9.40 Å². The Hall–Kier alpha value is -3.06. The summed E-state index contributed by atoms with van der Waals surface area (Å²) in [5.74, 6) is -0.679. The first-order valence-electron chi connectivity index (χ1n) is 11.1. The fraction of sp³-hybridized carbons (Fsp3) is 0.423. The summed E-state index contributed by atoms with van der Waals surface area (Å²) < 4.78 is 18.6. The third-order valence-electron chi connectivity index (χ3n) is 5.45. The lowest BCUT2D eigenvalue weighted by Gasteiger charge is -2.29. The maximum atomic E-state index is 13.4. The van der Waals surface area contributed by atoms with Gasteiger partial charge in [0, 0.05) is 26.5 Å². The molecule has 2 aromatic rings. The summed E-state index contributed by atoms with van der Waals surface area (Å²) in [6.45, 7) is 6.57. The summed E-state index contributed by atoms with van der Waals surface area (Å²) in [5, 5.41) is 6.09. The minimum atomic E-state index is -0.323. The Labute approximate surface area is 195 Å². The van der Waals surface area contributed by atoms with Crippen molar-refractivity contribution < 1.29 is 18.7 Å². The van der Waals surface area contributed by atoms with E-state index in [1.165, 1.54) is 17.1 Å². The molecule has 6 nitrogen and oxygen atoms in total. The number of rotatable bonds is 8. The number of benzene rings is 2. The average Bonchev–Trinajstić information content (AvgIpc) is 3.22. The molecule has 7 heteroatoms. The number of hydrogen-bond donors (Lipinski definition) is 0. The van der Waals surface area contributed by atoms with Crippen LogP contribution in [0, 0.1) is 11.2 Å². The van der Waals surface area contributed by atoms with E-state index in [0.717, 1.165) is 11.1 Å². The highest BCUT2D eigenvalue weighted by Crippen LogP contribution is 2.33. The van der Waals surface area contributed by atoms with Gasteiger partial charge in [0.2, 0.25) is 5.91 Å². The van der Waals surface area contributed by atoms with Crippen molar-refractivity contribution in [1.82, 2.24) is 9.91 Å². The molecule has 1 heterocycles. The number of ether oxygens (including phenoxy) is 1. The van der Waals surface area contributed by atoms with Crippen LogP contribution in [0.25, 0.3) is 0 Å². The third kappa shape index (κ3) is 6.71. The van der Waals surface area contributed by atoms with Crippen LogP contribution >= 0.6 is 0 Å². The maximum absolute atomic E-state index is 13.4. The van der Waals surface area contributed by atoms with Crippen molar-refractivity contribution in [3.05, 3.63) is 71.5 Å². The highest BCUT2D eigenvalue weighted by Gasteiger charge is 2.34. The molecule has 0 aliphatic carbocycles. The molecular formula is C26H32FN3O3. The number of halogens is 1. The van der Waals surface area contributed by atoms with Gasteiger partial charge in [-0.2, -0.15) is 5.10 Å². The minimum absolute atomic E-state index is 0.0815. The van der Waals surface area contributed by atoms with Gasteiger partial charge >= 0.3 is 0 Å². The molecule has 0 fully saturated rings. The van der Waals surface area contributed by atoms with E-state index in [0.29, 0.717) is 31.7 Å². The summed E-state index contributed by atoms with van der Waals surface area (Å²) >= 11 is 0. The van der Waals surface area contributed by atoms with Crippen molar-refractivity contribution in [2.24, 2.45) is 10.5 Å². The summed E-state index contributed by atoms with van der Waals surface area (Å²) in [6.07, 6.45) is 0.839. The summed E-state index contributed by atoms with van der Waals surface area (Å²) in [6, 6.07) is 15.5. The number of hydrazone groups is 1. The molecule has 0 saturated heterocycles. The molecule has 0 aromatic heterocycles. The molecule has 2 aromatic carbocycles.